The van der Waals surface area contributed by atoms with E-state index < -0.39 is 0 Å². The van der Waals surface area contributed by atoms with Crippen LogP contribution in [0.1, 0.15) is 22.8 Å². The third-order valence-electron chi connectivity index (χ3n) is 2.42. The third-order valence-corrected chi connectivity index (χ3v) is 3.08. The molecule has 1 heterocycles. The Morgan fingerprint density at radius 2 is 2.14 bits per heavy atom. The molecule has 1 atom stereocenters. The summed E-state index contributed by atoms with van der Waals surface area (Å²) in [6.07, 6.45) is 1.71. The van der Waals surface area contributed by atoms with Crippen LogP contribution in [0.2, 0.25) is 0 Å². The fourth-order valence-electron chi connectivity index (χ4n) is 1.55. The minimum absolute atomic E-state index is 0.111. The number of halogens is 1. The molecule has 0 N–H and O–H groups in total. The summed E-state index contributed by atoms with van der Waals surface area (Å²) < 4.78 is 0.840. The van der Waals surface area contributed by atoms with Gasteiger partial charge in [0.15, 0.2) is 5.78 Å². The fourth-order valence-corrected chi connectivity index (χ4v) is 2.07. The zero-order valence-electron chi connectivity index (χ0n) is 8.04. The molecule has 0 saturated heterocycles. The quantitative estimate of drug-likeness (QED) is 0.696. The zero-order valence-corrected chi connectivity index (χ0v) is 9.63. The molecule has 14 heavy (non-hydrogen) atoms. The number of carbonyl (C=O) groups excluding carboxylic acids is 1. The van der Waals surface area contributed by atoms with Gasteiger partial charge in [0, 0.05) is 10.7 Å². The number of ketones is 1. The zero-order chi connectivity index (χ0) is 10.3. The first kappa shape index (κ1) is 9.59. The molecule has 2 rings (SSSR count). The average molecular weight is 252 g/mol. The Labute approximate surface area is 91.2 Å². The van der Waals surface area contributed by atoms with Gasteiger partial charge in [-0.15, -0.1) is 0 Å². The van der Waals surface area contributed by atoms with Gasteiger partial charge in [-0.3, -0.25) is 9.79 Å². The number of aryl methyl sites for hydroxylation is 1. The van der Waals surface area contributed by atoms with E-state index in [1.165, 1.54) is 0 Å². The Bertz CT molecular complexity index is 437. The molecule has 1 unspecified atom stereocenters. The van der Waals surface area contributed by atoms with Crippen LogP contribution in [-0.2, 0) is 0 Å². The molecule has 1 aromatic rings. The van der Waals surface area contributed by atoms with Crippen molar-refractivity contribution < 1.29 is 4.79 Å². The molecule has 0 radical (unpaired) electrons. The van der Waals surface area contributed by atoms with Crippen LogP contribution in [0.25, 0.3) is 0 Å². The van der Waals surface area contributed by atoms with E-state index in [0.29, 0.717) is 0 Å². The molecule has 0 amide bonds. The lowest BCUT2D eigenvalue weighted by molar-refractivity contribution is 0.0961. The lowest BCUT2D eigenvalue weighted by Gasteiger charge is -2.16. The lowest BCUT2D eigenvalue weighted by atomic mass is 9.94. The maximum Gasteiger partial charge on any atom is 0.174 e. The molecule has 72 valence electrons. The Morgan fingerprint density at radius 1 is 1.43 bits per heavy atom. The fraction of sp³-hybridized carbons (Fsp3) is 0.273. The van der Waals surface area contributed by atoms with Crippen LogP contribution in [0.15, 0.2) is 21.6 Å². The van der Waals surface area contributed by atoms with Crippen molar-refractivity contribution in [2.45, 2.75) is 13.8 Å². The Hall–Kier alpha value is -0.960. The summed E-state index contributed by atoms with van der Waals surface area (Å²) in [5, 5.41) is 0. The first-order chi connectivity index (χ1) is 6.61. The number of hydrogen-bond donors (Lipinski definition) is 0. The normalized spacial score (nSPS) is 19.6. The minimum Gasteiger partial charge on any atom is -0.293 e. The van der Waals surface area contributed by atoms with Crippen molar-refractivity contribution in [3.63, 3.8) is 0 Å². The van der Waals surface area contributed by atoms with Crippen molar-refractivity contribution >= 4 is 33.6 Å². The van der Waals surface area contributed by atoms with Crippen LogP contribution in [0.3, 0.4) is 0 Å². The number of rotatable bonds is 0. The molecule has 0 bridgehead atoms. The summed E-state index contributed by atoms with van der Waals surface area (Å²) in [6.45, 7) is 3.83. The Morgan fingerprint density at radius 3 is 2.86 bits per heavy atom. The van der Waals surface area contributed by atoms with E-state index in [0.717, 1.165) is 21.3 Å². The van der Waals surface area contributed by atoms with Crippen LogP contribution in [0.4, 0.5) is 5.69 Å². The molecule has 1 aliphatic heterocycles. The van der Waals surface area contributed by atoms with E-state index in [1.54, 1.807) is 6.21 Å². The molecular weight excluding hydrogens is 242 g/mol. The molecule has 0 aliphatic carbocycles. The van der Waals surface area contributed by atoms with E-state index in [4.69, 9.17) is 0 Å². The second-order valence-electron chi connectivity index (χ2n) is 3.52. The highest BCUT2D eigenvalue weighted by atomic mass is 79.9. The lowest BCUT2D eigenvalue weighted by Crippen LogP contribution is -2.17. The highest BCUT2D eigenvalue weighted by Gasteiger charge is 2.24. The first-order valence-corrected chi connectivity index (χ1v) is 5.28. The number of fused-ring (bicyclic) bond motifs is 1. The number of hydrogen-bond acceptors (Lipinski definition) is 2. The molecule has 0 fully saturated rings. The van der Waals surface area contributed by atoms with Gasteiger partial charge < -0.3 is 0 Å². The van der Waals surface area contributed by atoms with E-state index in [1.807, 2.05) is 26.0 Å². The molecule has 0 spiro atoms. The second-order valence-corrected chi connectivity index (χ2v) is 4.37. The van der Waals surface area contributed by atoms with Crippen molar-refractivity contribution in [2.75, 3.05) is 0 Å². The Kier molecular flexibility index (Phi) is 2.27. The van der Waals surface area contributed by atoms with Crippen molar-refractivity contribution in [1.29, 1.82) is 0 Å². The molecule has 1 aliphatic rings. The van der Waals surface area contributed by atoms with Gasteiger partial charge in [0.2, 0.25) is 0 Å². The largest absolute Gasteiger partial charge is 0.293 e. The van der Waals surface area contributed by atoms with Gasteiger partial charge in [0.1, 0.15) is 0 Å². The molecule has 2 nitrogen and oxygen atoms in total. The predicted molar refractivity (Wildman–Crippen MR) is 60.5 cm³/mol. The maximum atomic E-state index is 11.9. The second kappa shape index (κ2) is 3.31. The van der Waals surface area contributed by atoms with E-state index in [-0.39, 0.29) is 11.7 Å². The van der Waals surface area contributed by atoms with Crippen LogP contribution in [0, 0.1) is 12.8 Å². The van der Waals surface area contributed by atoms with Gasteiger partial charge in [0.25, 0.3) is 0 Å². The molecule has 3 heteroatoms. The number of nitrogens with zero attached hydrogens (tertiary/aromatic N) is 1. The van der Waals surface area contributed by atoms with Crippen molar-refractivity contribution in [2.24, 2.45) is 10.9 Å². The van der Waals surface area contributed by atoms with E-state index >= 15 is 0 Å². The summed E-state index contributed by atoms with van der Waals surface area (Å²) in [5.74, 6) is 0.0335. The minimum atomic E-state index is -0.111. The Balaban J connectivity index is 2.73. The van der Waals surface area contributed by atoms with Gasteiger partial charge in [0.05, 0.1) is 17.2 Å². The molecule has 1 aromatic carbocycles. The number of aliphatic imine (C=N–C) groups is 1. The van der Waals surface area contributed by atoms with Gasteiger partial charge in [-0.1, -0.05) is 13.0 Å². The van der Waals surface area contributed by atoms with Crippen LogP contribution in [-0.4, -0.2) is 12.0 Å². The monoisotopic (exact) mass is 251 g/mol. The third kappa shape index (κ3) is 1.32. The van der Waals surface area contributed by atoms with Crippen LogP contribution < -0.4 is 0 Å². The van der Waals surface area contributed by atoms with Crippen molar-refractivity contribution in [3.8, 4) is 0 Å². The summed E-state index contributed by atoms with van der Waals surface area (Å²) in [6, 6.07) is 3.86. The van der Waals surface area contributed by atoms with Gasteiger partial charge in [-0.25, -0.2) is 0 Å². The smallest absolute Gasteiger partial charge is 0.174 e. The SMILES string of the molecule is Cc1ccc(Br)c2c1N=CC(C)C2=O. The van der Waals surface area contributed by atoms with Crippen molar-refractivity contribution in [3.05, 3.63) is 27.7 Å². The highest BCUT2D eigenvalue weighted by molar-refractivity contribution is 9.10. The van der Waals surface area contributed by atoms with Gasteiger partial charge in [-0.2, -0.15) is 0 Å². The summed E-state index contributed by atoms with van der Waals surface area (Å²) >= 11 is 3.39. The van der Waals surface area contributed by atoms with Crippen LogP contribution in [0.5, 0.6) is 0 Å². The molecule has 0 saturated carbocycles. The van der Waals surface area contributed by atoms with E-state index in [2.05, 4.69) is 20.9 Å². The standard InChI is InChI=1S/C11H10BrNO/c1-6-3-4-8(12)9-10(6)13-5-7(2)11(9)14/h3-5,7H,1-2H3. The summed E-state index contributed by atoms with van der Waals surface area (Å²) in [4.78, 5) is 16.2. The summed E-state index contributed by atoms with van der Waals surface area (Å²) in [5.41, 5.74) is 2.57. The van der Waals surface area contributed by atoms with Crippen molar-refractivity contribution in [1.82, 2.24) is 0 Å². The average Bonchev–Trinajstić information content (AvgIpc) is 2.16. The topological polar surface area (TPSA) is 29.4 Å². The molecular formula is C11H10BrNO. The van der Waals surface area contributed by atoms with Crippen LogP contribution >= 0.6 is 15.9 Å². The van der Waals surface area contributed by atoms with Gasteiger partial charge >= 0.3 is 0 Å². The highest BCUT2D eigenvalue weighted by Crippen LogP contribution is 2.34. The maximum absolute atomic E-state index is 11.9. The number of carbonyl (C=O) groups is 1. The number of Topliss-reactive ketones (excluding diaryl/α,β-unsaturated/α-hetero) is 1. The summed E-state index contributed by atoms with van der Waals surface area (Å²) in [7, 11) is 0. The van der Waals surface area contributed by atoms with Gasteiger partial charge in [-0.05, 0) is 34.5 Å². The predicted octanol–water partition coefficient (Wildman–Crippen LogP) is 3.29. The first-order valence-electron chi connectivity index (χ1n) is 4.48. The molecule has 0 aromatic heterocycles. The number of benzene rings is 1. The van der Waals surface area contributed by atoms with E-state index in [9.17, 15) is 4.79 Å².